The van der Waals surface area contributed by atoms with Gasteiger partial charge in [0, 0.05) is 15.5 Å². The van der Waals surface area contributed by atoms with Crippen molar-refractivity contribution in [1.82, 2.24) is 9.97 Å². The van der Waals surface area contributed by atoms with E-state index in [1.54, 1.807) is 17.7 Å². The molecule has 0 N–H and O–H groups in total. The molecule has 4 heteroatoms. The second-order valence-electron chi connectivity index (χ2n) is 3.98. The van der Waals surface area contributed by atoms with E-state index >= 15 is 0 Å². The molecule has 1 atom stereocenters. The molecule has 0 saturated carbocycles. The molecule has 0 aliphatic heterocycles. The van der Waals surface area contributed by atoms with Crippen molar-refractivity contribution in [3.63, 3.8) is 0 Å². The van der Waals surface area contributed by atoms with Gasteiger partial charge in [-0.05, 0) is 25.8 Å². The minimum Gasteiger partial charge on any atom is -0.229 e. The summed E-state index contributed by atoms with van der Waals surface area (Å²) in [6.45, 7) is 8.77. The molecular formula is C12H16N2S2. The van der Waals surface area contributed by atoms with E-state index in [9.17, 15) is 0 Å². The van der Waals surface area contributed by atoms with Gasteiger partial charge in [-0.25, -0.2) is 9.97 Å². The van der Waals surface area contributed by atoms with E-state index in [2.05, 4.69) is 37.7 Å². The number of nitrogens with zero attached hydrogens (tertiary/aromatic N) is 2. The number of hydrogen-bond donors (Lipinski definition) is 0. The van der Waals surface area contributed by atoms with Gasteiger partial charge in [0.25, 0.3) is 0 Å². The maximum Gasteiger partial charge on any atom is 0.128 e. The lowest BCUT2D eigenvalue weighted by atomic mass is 10.2. The van der Waals surface area contributed by atoms with E-state index in [1.165, 1.54) is 22.2 Å². The fourth-order valence-corrected chi connectivity index (χ4v) is 3.60. The molecule has 2 heterocycles. The molecule has 0 saturated heterocycles. The molecule has 86 valence electrons. The third kappa shape index (κ3) is 2.09. The zero-order chi connectivity index (χ0) is 11.7. The molecule has 0 bridgehead atoms. The molecular weight excluding hydrogens is 236 g/mol. The number of rotatable bonds is 3. The van der Waals surface area contributed by atoms with Gasteiger partial charge in [-0.2, -0.15) is 0 Å². The van der Waals surface area contributed by atoms with Crippen LogP contribution in [-0.2, 0) is 0 Å². The lowest BCUT2D eigenvalue weighted by Gasteiger charge is -2.08. The molecule has 2 aromatic rings. The van der Waals surface area contributed by atoms with Crippen molar-refractivity contribution >= 4 is 33.3 Å². The first kappa shape index (κ1) is 11.9. The predicted molar refractivity (Wildman–Crippen MR) is 72.5 cm³/mol. The molecule has 1 unspecified atom stereocenters. The number of thioether (sulfide) groups is 1. The van der Waals surface area contributed by atoms with Crippen LogP contribution in [0.15, 0.2) is 11.4 Å². The minimum absolute atomic E-state index is 0.609. The maximum absolute atomic E-state index is 4.43. The predicted octanol–water partition coefficient (Wildman–Crippen LogP) is 4.20. The summed E-state index contributed by atoms with van der Waals surface area (Å²) in [5.41, 5.74) is 1.34. The lowest BCUT2D eigenvalue weighted by molar-refractivity contribution is 0.901. The Kier molecular flexibility index (Phi) is 3.50. The Balaban J connectivity index is 2.52. The molecule has 2 nitrogen and oxygen atoms in total. The van der Waals surface area contributed by atoms with Crippen LogP contribution < -0.4 is 0 Å². The second kappa shape index (κ2) is 4.72. The lowest BCUT2D eigenvalue weighted by Crippen LogP contribution is -1.94. The van der Waals surface area contributed by atoms with Crippen molar-refractivity contribution in [3.8, 4) is 0 Å². The molecule has 0 spiro atoms. The SMILES string of the molecule is CCC(C)Sc1ncnc2sc(C)c(C)c12. The van der Waals surface area contributed by atoms with Crippen molar-refractivity contribution < 1.29 is 0 Å². The quantitative estimate of drug-likeness (QED) is 0.605. The molecule has 2 aromatic heterocycles. The molecule has 0 radical (unpaired) electrons. The van der Waals surface area contributed by atoms with E-state index in [0.29, 0.717) is 5.25 Å². The average Bonchev–Trinajstić information content (AvgIpc) is 2.56. The molecule has 2 rings (SSSR count). The highest BCUT2D eigenvalue weighted by Gasteiger charge is 2.13. The van der Waals surface area contributed by atoms with Gasteiger partial charge in [-0.3, -0.25) is 0 Å². The van der Waals surface area contributed by atoms with Crippen LogP contribution in [0.3, 0.4) is 0 Å². The number of fused-ring (bicyclic) bond motifs is 1. The smallest absolute Gasteiger partial charge is 0.128 e. The molecule has 0 aromatic carbocycles. The van der Waals surface area contributed by atoms with E-state index < -0.39 is 0 Å². The monoisotopic (exact) mass is 252 g/mol. The van der Waals surface area contributed by atoms with Crippen LogP contribution in [0.1, 0.15) is 30.7 Å². The average molecular weight is 252 g/mol. The van der Waals surface area contributed by atoms with Gasteiger partial charge in [0.1, 0.15) is 16.2 Å². The second-order valence-corrected chi connectivity index (χ2v) is 6.61. The van der Waals surface area contributed by atoms with E-state index in [4.69, 9.17) is 0 Å². The normalized spacial score (nSPS) is 13.2. The highest BCUT2D eigenvalue weighted by Crippen LogP contribution is 2.36. The topological polar surface area (TPSA) is 25.8 Å². The summed E-state index contributed by atoms with van der Waals surface area (Å²) >= 11 is 3.62. The van der Waals surface area contributed by atoms with Gasteiger partial charge < -0.3 is 0 Å². The van der Waals surface area contributed by atoms with Crippen LogP contribution in [0.2, 0.25) is 0 Å². The molecule has 0 amide bonds. The Morgan fingerprint density at radius 2 is 2.12 bits per heavy atom. The summed E-state index contributed by atoms with van der Waals surface area (Å²) in [7, 11) is 0. The first-order valence-electron chi connectivity index (χ1n) is 5.50. The Morgan fingerprint density at radius 1 is 1.38 bits per heavy atom. The van der Waals surface area contributed by atoms with Crippen LogP contribution >= 0.6 is 23.1 Å². The van der Waals surface area contributed by atoms with Crippen molar-refractivity contribution in [2.45, 2.75) is 44.4 Å². The Labute approximate surface area is 105 Å². The van der Waals surface area contributed by atoms with Crippen LogP contribution in [-0.4, -0.2) is 15.2 Å². The maximum atomic E-state index is 4.43. The number of thiophene rings is 1. The fraction of sp³-hybridized carbons (Fsp3) is 0.500. The Morgan fingerprint density at radius 3 is 2.81 bits per heavy atom. The first-order chi connectivity index (χ1) is 7.63. The summed E-state index contributed by atoms with van der Waals surface area (Å²) < 4.78 is 0. The van der Waals surface area contributed by atoms with Crippen LogP contribution in [0.4, 0.5) is 0 Å². The van der Waals surface area contributed by atoms with Gasteiger partial charge in [0.2, 0.25) is 0 Å². The third-order valence-electron chi connectivity index (χ3n) is 2.82. The molecule has 0 aliphatic rings. The summed E-state index contributed by atoms with van der Waals surface area (Å²) in [6.07, 6.45) is 2.85. The Hall–Kier alpha value is -0.610. The van der Waals surface area contributed by atoms with Crippen LogP contribution in [0.5, 0.6) is 0 Å². The highest BCUT2D eigenvalue weighted by atomic mass is 32.2. The van der Waals surface area contributed by atoms with E-state index in [0.717, 1.165) is 9.86 Å². The highest BCUT2D eigenvalue weighted by molar-refractivity contribution is 8.00. The van der Waals surface area contributed by atoms with Crippen molar-refractivity contribution in [3.05, 3.63) is 16.8 Å². The zero-order valence-corrected chi connectivity index (χ0v) is 11.7. The van der Waals surface area contributed by atoms with Gasteiger partial charge in [-0.1, -0.05) is 13.8 Å². The van der Waals surface area contributed by atoms with Crippen LogP contribution in [0, 0.1) is 13.8 Å². The Bertz CT molecular complexity index is 505. The van der Waals surface area contributed by atoms with Crippen molar-refractivity contribution in [2.24, 2.45) is 0 Å². The van der Waals surface area contributed by atoms with Gasteiger partial charge in [0.05, 0.1) is 0 Å². The zero-order valence-electron chi connectivity index (χ0n) is 10.1. The van der Waals surface area contributed by atoms with E-state index in [1.807, 2.05) is 11.8 Å². The largest absolute Gasteiger partial charge is 0.229 e. The molecule has 0 fully saturated rings. The van der Waals surface area contributed by atoms with Gasteiger partial charge in [-0.15, -0.1) is 23.1 Å². The van der Waals surface area contributed by atoms with Crippen molar-refractivity contribution in [1.29, 1.82) is 0 Å². The third-order valence-corrected chi connectivity index (χ3v) is 5.20. The fourth-order valence-electron chi connectivity index (χ4n) is 1.51. The van der Waals surface area contributed by atoms with Crippen molar-refractivity contribution in [2.75, 3.05) is 0 Å². The molecule has 16 heavy (non-hydrogen) atoms. The first-order valence-corrected chi connectivity index (χ1v) is 7.20. The summed E-state index contributed by atoms with van der Waals surface area (Å²) in [5.74, 6) is 0. The summed E-state index contributed by atoms with van der Waals surface area (Å²) in [5, 5.41) is 3.01. The standard InChI is InChI=1S/C12H16N2S2/c1-5-7(2)15-11-10-8(3)9(4)16-12(10)14-6-13-11/h6-7H,5H2,1-4H3. The van der Waals surface area contributed by atoms with Gasteiger partial charge in [0.15, 0.2) is 0 Å². The number of hydrogen-bond acceptors (Lipinski definition) is 4. The summed E-state index contributed by atoms with van der Waals surface area (Å²) in [6, 6.07) is 0. The minimum atomic E-state index is 0.609. The summed E-state index contributed by atoms with van der Waals surface area (Å²) in [4.78, 5) is 11.2. The van der Waals surface area contributed by atoms with Gasteiger partial charge >= 0.3 is 0 Å². The van der Waals surface area contributed by atoms with E-state index in [-0.39, 0.29) is 0 Å². The number of aryl methyl sites for hydroxylation is 2. The number of aromatic nitrogens is 2. The molecule has 0 aliphatic carbocycles. The van der Waals surface area contributed by atoms with Crippen LogP contribution in [0.25, 0.3) is 10.2 Å².